The Bertz CT molecular complexity index is 539. The summed E-state index contributed by atoms with van der Waals surface area (Å²) in [6, 6.07) is 11.5. The van der Waals surface area contributed by atoms with Gasteiger partial charge in [0.1, 0.15) is 10.6 Å². The minimum atomic E-state index is -0.857. The van der Waals surface area contributed by atoms with E-state index in [2.05, 4.69) is 5.32 Å². The second-order valence-corrected chi connectivity index (χ2v) is 5.19. The van der Waals surface area contributed by atoms with Gasteiger partial charge in [0, 0.05) is 6.54 Å². The van der Waals surface area contributed by atoms with Crippen molar-refractivity contribution in [2.24, 2.45) is 0 Å². The molecule has 0 saturated heterocycles. The third-order valence-electron chi connectivity index (χ3n) is 2.77. The van der Waals surface area contributed by atoms with E-state index in [0.29, 0.717) is 18.0 Å². The first-order chi connectivity index (χ1) is 9.77. The molecule has 0 aliphatic heterocycles. The van der Waals surface area contributed by atoms with Crippen molar-refractivity contribution >= 4 is 17.3 Å². The van der Waals surface area contributed by atoms with Crippen LogP contribution in [-0.4, -0.2) is 24.2 Å². The summed E-state index contributed by atoms with van der Waals surface area (Å²) in [5.74, 6) is 0.0164. The third kappa shape index (κ3) is 4.36. The molecular weight excluding hydrogens is 274 g/mol. The number of carboxylic acid groups (broad SMARTS) is 1. The summed E-state index contributed by atoms with van der Waals surface area (Å²) < 4.78 is 5.57. The second-order valence-electron chi connectivity index (χ2n) is 4.27. The maximum Gasteiger partial charge on any atom is 0.346 e. The second kappa shape index (κ2) is 7.67. The van der Waals surface area contributed by atoms with Crippen LogP contribution in [0.5, 0.6) is 5.75 Å². The molecule has 2 N–H and O–H groups in total. The first kappa shape index (κ1) is 14.6. The normalized spacial score (nSPS) is 10.4. The van der Waals surface area contributed by atoms with Gasteiger partial charge in [0.25, 0.3) is 0 Å². The molecule has 0 fully saturated rings. The zero-order valence-corrected chi connectivity index (χ0v) is 11.9. The van der Waals surface area contributed by atoms with Crippen molar-refractivity contribution in [2.45, 2.75) is 13.0 Å². The van der Waals surface area contributed by atoms with Crippen molar-refractivity contribution in [2.75, 3.05) is 13.2 Å². The molecule has 0 saturated carbocycles. The molecule has 0 unspecified atom stereocenters. The van der Waals surface area contributed by atoms with Crippen LogP contribution < -0.4 is 10.1 Å². The number of aromatic carboxylic acids is 1. The number of thiophene rings is 1. The van der Waals surface area contributed by atoms with Crippen molar-refractivity contribution in [3.05, 3.63) is 52.2 Å². The van der Waals surface area contributed by atoms with E-state index in [1.54, 1.807) is 5.38 Å². The highest BCUT2D eigenvalue weighted by Crippen LogP contribution is 2.16. The van der Waals surface area contributed by atoms with Crippen LogP contribution in [0.15, 0.2) is 41.8 Å². The standard InChI is InChI=1S/C15H17NO3S/c17-15(18)14-12(7-10-20-14)11-16-8-4-9-19-13-5-2-1-3-6-13/h1-3,5-7,10,16H,4,8-9,11H2,(H,17,18). The number of benzene rings is 1. The zero-order valence-electron chi connectivity index (χ0n) is 11.0. The molecule has 0 radical (unpaired) electrons. The fourth-order valence-corrected chi connectivity index (χ4v) is 2.55. The summed E-state index contributed by atoms with van der Waals surface area (Å²) >= 11 is 1.26. The number of carbonyl (C=O) groups is 1. The topological polar surface area (TPSA) is 58.6 Å². The van der Waals surface area contributed by atoms with Gasteiger partial charge in [-0.05, 0) is 42.1 Å². The van der Waals surface area contributed by atoms with Crippen LogP contribution in [0.25, 0.3) is 0 Å². The van der Waals surface area contributed by atoms with Crippen molar-refractivity contribution in [1.29, 1.82) is 0 Å². The van der Waals surface area contributed by atoms with Gasteiger partial charge in [-0.3, -0.25) is 0 Å². The first-order valence-corrected chi connectivity index (χ1v) is 7.33. The number of rotatable bonds is 8. The van der Waals surface area contributed by atoms with E-state index in [4.69, 9.17) is 9.84 Å². The Balaban J connectivity index is 1.62. The van der Waals surface area contributed by atoms with Crippen LogP contribution in [-0.2, 0) is 6.54 Å². The summed E-state index contributed by atoms with van der Waals surface area (Å²) in [5, 5.41) is 14.0. The van der Waals surface area contributed by atoms with E-state index in [1.807, 2.05) is 36.4 Å². The van der Waals surface area contributed by atoms with E-state index in [-0.39, 0.29) is 0 Å². The minimum Gasteiger partial charge on any atom is -0.494 e. The van der Waals surface area contributed by atoms with Gasteiger partial charge in [0.15, 0.2) is 0 Å². The van der Waals surface area contributed by atoms with Gasteiger partial charge < -0.3 is 15.2 Å². The quantitative estimate of drug-likeness (QED) is 0.734. The molecule has 5 heteroatoms. The molecule has 0 aliphatic rings. The SMILES string of the molecule is O=C(O)c1sccc1CNCCCOc1ccccc1. The smallest absolute Gasteiger partial charge is 0.346 e. The van der Waals surface area contributed by atoms with Crippen LogP contribution in [0.4, 0.5) is 0 Å². The van der Waals surface area contributed by atoms with E-state index in [9.17, 15) is 4.79 Å². The number of carboxylic acids is 1. The molecule has 0 bridgehead atoms. The highest BCUT2D eigenvalue weighted by molar-refractivity contribution is 7.12. The van der Waals surface area contributed by atoms with E-state index < -0.39 is 5.97 Å². The number of ether oxygens (including phenoxy) is 1. The highest BCUT2D eigenvalue weighted by atomic mass is 32.1. The lowest BCUT2D eigenvalue weighted by Gasteiger charge is -2.07. The summed E-state index contributed by atoms with van der Waals surface area (Å²) in [4.78, 5) is 11.4. The number of para-hydroxylation sites is 1. The summed E-state index contributed by atoms with van der Waals surface area (Å²) in [7, 11) is 0. The molecular formula is C15H17NO3S. The molecule has 1 aromatic heterocycles. The molecule has 1 heterocycles. The van der Waals surface area contributed by atoms with Crippen molar-refractivity contribution < 1.29 is 14.6 Å². The van der Waals surface area contributed by atoms with Crippen LogP contribution in [0, 0.1) is 0 Å². The molecule has 0 aliphatic carbocycles. The maximum atomic E-state index is 10.9. The Morgan fingerprint density at radius 3 is 2.80 bits per heavy atom. The Labute approximate surface area is 122 Å². The van der Waals surface area contributed by atoms with E-state index in [1.165, 1.54) is 11.3 Å². The Hall–Kier alpha value is -1.85. The Morgan fingerprint density at radius 2 is 2.05 bits per heavy atom. The van der Waals surface area contributed by atoms with Gasteiger partial charge in [-0.25, -0.2) is 4.79 Å². The van der Waals surface area contributed by atoms with Gasteiger partial charge in [0.2, 0.25) is 0 Å². The van der Waals surface area contributed by atoms with Crippen LogP contribution in [0.1, 0.15) is 21.7 Å². The number of hydrogen-bond donors (Lipinski definition) is 2. The van der Waals surface area contributed by atoms with Crippen LogP contribution in [0.2, 0.25) is 0 Å². The van der Waals surface area contributed by atoms with Crippen molar-refractivity contribution in [3.8, 4) is 5.75 Å². The van der Waals surface area contributed by atoms with Crippen LogP contribution >= 0.6 is 11.3 Å². The maximum absolute atomic E-state index is 10.9. The molecule has 1 aromatic carbocycles. The van der Waals surface area contributed by atoms with Gasteiger partial charge in [-0.2, -0.15) is 0 Å². The van der Waals surface area contributed by atoms with Crippen molar-refractivity contribution in [1.82, 2.24) is 5.32 Å². The Morgan fingerprint density at radius 1 is 1.25 bits per heavy atom. The zero-order chi connectivity index (χ0) is 14.2. The monoisotopic (exact) mass is 291 g/mol. The average Bonchev–Trinajstić information content (AvgIpc) is 2.92. The third-order valence-corrected chi connectivity index (χ3v) is 3.71. The molecule has 2 rings (SSSR count). The van der Waals surface area contributed by atoms with E-state index in [0.717, 1.165) is 24.3 Å². The number of nitrogens with one attached hydrogen (secondary N) is 1. The highest BCUT2D eigenvalue weighted by Gasteiger charge is 2.10. The van der Waals surface area contributed by atoms with Gasteiger partial charge in [0.05, 0.1) is 6.61 Å². The lowest BCUT2D eigenvalue weighted by molar-refractivity contribution is 0.0701. The first-order valence-electron chi connectivity index (χ1n) is 6.45. The molecule has 0 spiro atoms. The predicted molar refractivity (Wildman–Crippen MR) is 79.5 cm³/mol. The Kier molecular flexibility index (Phi) is 5.58. The van der Waals surface area contributed by atoms with Gasteiger partial charge in [-0.15, -0.1) is 11.3 Å². The molecule has 20 heavy (non-hydrogen) atoms. The summed E-state index contributed by atoms with van der Waals surface area (Å²) in [6.07, 6.45) is 0.876. The molecule has 0 atom stereocenters. The summed E-state index contributed by atoms with van der Waals surface area (Å²) in [5.41, 5.74) is 0.839. The molecule has 2 aromatic rings. The molecule has 106 valence electrons. The average molecular weight is 291 g/mol. The number of hydrogen-bond acceptors (Lipinski definition) is 4. The minimum absolute atomic E-state index is 0.415. The predicted octanol–water partition coefficient (Wildman–Crippen LogP) is 3.01. The van der Waals surface area contributed by atoms with Crippen LogP contribution in [0.3, 0.4) is 0 Å². The lowest BCUT2D eigenvalue weighted by Crippen LogP contribution is -2.18. The van der Waals surface area contributed by atoms with Crippen molar-refractivity contribution in [3.63, 3.8) is 0 Å². The van der Waals surface area contributed by atoms with Gasteiger partial charge in [-0.1, -0.05) is 18.2 Å². The summed E-state index contributed by atoms with van der Waals surface area (Å²) in [6.45, 7) is 2.02. The largest absolute Gasteiger partial charge is 0.494 e. The van der Waals surface area contributed by atoms with Gasteiger partial charge >= 0.3 is 5.97 Å². The lowest BCUT2D eigenvalue weighted by atomic mass is 10.2. The fraction of sp³-hybridized carbons (Fsp3) is 0.267. The van der Waals surface area contributed by atoms with E-state index >= 15 is 0 Å². The fourth-order valence-electron chi connectivity index (χ4n) is 1.79. The molecule has 0 amide bonds. The molecule has 4 nitrogen and oxygen atoms in total.